The number of hydrogen-bond donors (Lipinski definition) is 4. The van der Waals surface area contributed by atoms with E-state index in [2.05, 4.69) is 0 Å². The molecule has 96 valence electrons. The number of rotatable bonds is 6. The smallest absolute Gasteiger partial charge is 0.547 e. The summed E-state index contributed by atoms with van der Waals surface area (Å²) in [7, 11) is 0. The fraction of sp³-hybridized carbons (Fsp3) is 0.750. The Kier molecular flexibility index (Phi) is 18.4. The van der Waals surface area contributed by atoms with Crippen LogP contribution in [0.1, 0.15) is 12.8 Å². The molecule has 0 saturated carbocycles. The molecule has 2 atom stereocenters. The second-order valence-electron chi connectivity index (χ2n) is 2.69. The minimum Gasteiger partial charge on any atom is -0.547 e. The second kappa shape index (κ2) is 14.1. The Hall–Kier alpha value is 0.0397. The van der Waals surface area contributed by atoms with E-state index in [1.54, 1.807) is 0 Å². The first-order chi connectivity index (χ1) is 7.36. The van der Waals surface area contributed by atoms with Gasteiger partial charge in [0.05, 0.1) is 24.1 Å². The van der Waals surface area contributed by atoms with E-state index in [-0.39, 0.29) is 63.8 Å². The van der Waals surface area contributed by atoms with Crippen molar-refractivity contribution in [3.8, 4) is 0 Å². The van der Waals surface area contributed by atoms with Crippen LogP contribution < -0.4 is 10.2 Å². The third kappa shape index (κ3) is 16.0. The number of carboxylic acid groups (broad SMARTS) is 2. The van der Waals surface area contributed by atoms with Crippen LogP contribution in [0.2, 0.25) is 0 Å². The van der Waals surface area contributed by atoms with Gasteiger partial charge >= 0.3 is 37.7 Å². The third-order valence-corrected chi connectivity index (χ3v) is 1.35. The van der Waals surface area contributed by atoms with Crippen LogP contribution in [0, 0.1) is 0 Å². The molecule has 17 heavy (non-hydrogen) atoms. The third-order valence-electron chi connectivity index (χ3n) is 1.35. The molecular formula is C8H14CaO8. The summed E-state index contributed by atoms with van der Waals surface area (Å²) in [5, 5.41) is 51.9. The molecule has 0 unspecified atom stereocenters. The van der Waals surface area contributed by atoms with Gasteiger partial charge < -0.3 is 40.2 Å². The summed E-state index contributed by atoms with van der Waals surface area (Å²) in [4.78, 5) is 19.2. The maximum atomic E-state index is 9.62. The number of aliphatic hydroxyl groups excluding tert-OH is 4. The molecule has 0 aromatic carbocycles. The SMILES string of the molecule is O=C([O-])[C@@H](O)CCO.O=C([O-])[C@@H](O)CCO.[Ca+2]. The molecule has 0 aromatic rings. The quantitative estimate of drug-likeness (QED) is 0.350. The van der Waals surface area contributed by atoms with E-state index in [1.807, 2.05) is 0 Å². The van der Waals surface area contributed by atoms with E-state index in [9.17, 15) is 19.8 Å². The van der Waals surface area contributed by atoms with Crippen LogP contribution in [-0.4, -0.2) is 95.5 Å². The van der Waals surface area contributed by atoms with Gasteiger partial charge in [0, 0.05) is 26.1 Å². The second-order valence-corrected chi connectivity index (χ2v) is 2.69. The van der Waals surface area contributed by atoms with E-state index in [0.29, 0.717) is 0 Å². The first-order valence-electron chi connectivity index (χ1n) is 4.36. The minimum absolute atomic E-state index is 0. The Morgan fingerprint density at radius 3 is 1.18 bits per heavy atom. The van der Waals surface area contributed by atoms with Gasteiger partial charge in [0.15, 0.2) is 0 Å². The average molecular weight is 278 g/mol. The Balaban J connectivity index is -0.000000218. The van der Waals surface area contributed by atoms with Gasteiger partial charge in [-0.05, 0) is 0 Å². The molecule has 0 aliphatic carbocycles. The van der Waals surface area contributed by atoms with Crippen molar-refractivity contribution in [1.29, 1.82) is 0 Å². The molecule has 0 radical (unpaired) electrons. The Labute approximate surface area is 128 Å². The predicted molar refractivity (Wildman–Crippen MR) is 51.2 cm³/mol. The summed E-state index contributed by atoms with van der Waals surface area (Å²) in [6.45, 7) is -0.676. The van der Waals surface area contributed by atoms with Gasteiger partial charge in [-0.2, -0.15) is 0 Å². The van der Waals surface area contributed by atoms with Crippen molar-refractivity contribution >= 4 is 49.7 Å². The molecule has 4 N–H and O–H groups in total. The Bertz CT molecular complexity index is 188. The van der Waals surface area contributed by atoms with Crippen LogP contribution in [0.3, 0.4) is 0 Å². The van der Waals surface area contributed by atoms with Crippen molar-refractivity contribution < 1.29 is 40.2 Å². The number of hydrogen-bond acceptors (Lipinski definition) is 8. The molecule has 0 rings (SSSR count). The molecule has 0 saturated heterocycles. The maximum absolute atomic E-state index is 9.62. The number of aliphatic hydroxyl groups is 4. The van der Waals surface area contributed by atoms with Crippen molar-refractivity contribution in [2.75, 3.05) is 13.2 Å². The molecule has 8 nitrogen and oxygen atoms in total. The number of carbonyl (C=O) groups is 2. The van der Waals surface area contributed by atoms with Crippen molar-refractivity contribution in [2.45, 2.75) is 25.0 Å². The van der Waals surface area contributed by atoms with Crippen molar-refractivity contribution in [2.24, 2.45) is 0 Å². The molecular weight excluding hydrogens is 264 g/mol. The predicted octanol–water partition coefficient (Wildman–Crippen LogP) is -5.42. The maximum Gasteiger partial charge on any atom is 2.00 e. The van der Waals surface area contributed by atoms with Gasteiger partial charge in [0.25, 0.3) is 0 Å². The average Bonchev–Trinajstić information content (AvgIpc) is 2.19. The molecule has 0 amide bonds. The summed E-state index contributed by atoms with van der Waals surface area (Å²) in [5.74, 6) is -3.09. The topological polar surface area (TPSA) is 161 Å². The van der Waals surface area contributed by atoms with Crippen molar-refractivity contribution in [3.63, 3.8) is 0 Å². The monoisotopic (exact) mass is 278 g/mol. The first-order valence-corrected chi connectivity index (χ1v) is 4.36. The zero-order valence-corrected chi connectivity index (χ0v) is 11.3. The van der Waals surface area contributed by atoms with Crippen LogP contribution in [-0.2, 0) is 9.59 Å². The summed E-state index contributed by atoms with van der Waals surface area (Å²) < 4.78 is 0. The van der Waals surface area contributed by atoms with E-state index in [1.165, 1.54) is 0 Å². The Morgan fingerprint density at radius 1 is 0.882 bits per heavy atom. The summed E-state index contributed by atoms with van der Waals surface area (Å²) in [5.41, 5.74) is 0. The fourth-order valence-electron chi connectivity index (χ4n) is 0.480. The van der Waals surface area contributed by atoms with E-state index in [4.69, 9.17) is 20.4 Å². The molecule has 0 aromatic heterocycles. The van der Waals surface area contributed by atoms with E-state index in [0.717, 1.165) is 0 Å². The van der Waals surface area contributed by atoms with Crippen LogP contribution in [0.5, 0.6) is 0 Å². The first kappa shape index (κ1) is 22.2. The minimum atomic E-state index is -1.54. The van der Waals surface area contributed by atoms with Crippen molar-refractivity contribution in [3.05, 3.63) is 0 Å². The van der Waals surface area contributed by atoms with Gasteiger partial charge in [-0.1, -0.05) is 0 Å². The summed E-state index contributed by atoms with van der Waals surface area (Å²) in [6, 6.07) is 0. The van der Waals surface area contributed by atoms with Crippen LogP contribution >= 0.6 is 0 Å². The van der Waals surface area contributed by atoms with Crippen LogP contribution in [0.25, 0.3) is 0 Å². The van der Waals surface area contributed by atoms with E-state index < -0.39 is 24.1 Å². The molecule has 0 fully saturated rings. The summed E-state index contributed by atoms with van der Waals surface area (Å²) in [6.07, 6.45) is -3.38. The van der Waals surface area contributed by atoms with Crippen LogP contribution in [0.4, 0.5) is 0 Å². The van der Waals surface area contributed by atoms with Gasteiger partial charge in [-0.3, -0.25) is 0 Å². The van der Waals surface area contributed by atoms with Gasteiger partial charge in [0.2, 0.25) is 0 Å². The van der Waals surface area contributed by atoms with Gasteiger partial charge in [0.1, 0.15) is 0 Å². The largest absolute Gasteiger partial charge is 2.00 e. The molecule has 0 spiro atoms. The Morgan fingerprint density at radius 2 is 1.12 bits per heavy atom. The fourth-order valence-corrected chi connectivity index (χ4v) is 0.480. The van der Waals surface area contributed by atoms with Gasteiger partial charge in [-0.15, -0.1) is 0 Å². The molecule has 9 heteroatoms. The number of carboxylic acids is 2. The number of carbonyl (C=O) groups excluding carboxylic acids is 2. The van der Waals surface area contributed by atoms with Crippen LogP contribution in [0.15, 0.2) is 0 Å². The zero-order chi connectivity index (χ0) is 13.1. The zero-order valence-electron chi connectivity index (χ0n) is 9.11. The van der Waals surface area contributed by atoms with Gasteiger partial charge in [-0.25, -0.2) is 0 Å². The summed E-state index contributed by atoms with van der Waals surface area (Å²) >= 11 is 0. The number of aliphatic carboxylic acids is 2. The molecule has 0 bridgehead atoms. The van der Waals surface area contributed by atoms with Crippen molar-refractivity contribution in [1.82, 2.24) is 0 Å². The normalized spacial score (nSPS) is 12.5. The molecule has 0 aliphatic rings. The molecule has 0 aliphatic heterocycles. The van der Waals surface area contributed by atoms with E-state index >= 15 is 0 Å². The standard InChI is InChI=1S/2C4H8O4.Ca/c2*5-2-1-3(6)4(7)8;/h2*3,5-6H,1-2H2,(H,7,8);/q;;+2/p-2/t2*3-;/m00./s1. The molecule has 0 heterocycles.